The van der Waals surface area contributed by atoms with Crippen LogP contribution in [0.4, 0.5) is 10.6 Å². The molecule has 1 N–H and O–H groups in total. The van der Waals surface area contributed by atoms with E-state index < -0.39 is 0 Å². The second kappa shape index (κ2) is 8.61. The fourth-order valence-electron chi connectivity index (χ4n) is 3.55. The van der Waals surface area contributed by atoms with Crippen molar-refractivity contribution in [1.82, 2.24) is 15.2 Å². The lowest BCUT2D eigenvalue weighted by molar-refractivity contribution is 0.171. The van der Waals surface area contributed by atoms with E-state index in [1.807, 2.05) is 17.0 Å². The molecule has 0 radical (unpaired) electrons. The van der Waals surface area contributed by atoms with E-state index in [2.05, 4.69) is 54.2 Å². The Morgan fingerprint density at radius 1 is 1.26 bits per heavy atom. The quantitative estimate of drug-likeness (QED) is 0.869. The lowest BCUT2D eigenvalue weighted by Gasteiger charge is -2.40. The number of nitrogens with one attached hydrogen (secondary N) is 1. The minimum absolute atomic E-state index is 0.000395. The number of halogens is 1. The third kappa shape index (κ3) is 4.53. The number of nitrogens with zero attached hydrogens (tertiary/aromatic N) is 3. The average Bonchev–Trinajstić information content (AvgIpc) is 2.65. The number of amides is 2. The van der Waals surface area contributed by atoms with E-state index in [1.165, 1.54) is 16.7 Å². The number of aryl methyl sites for hydroxylation is 1. The van der Waals surface area contributed by atoms with E-state index in [-0.39, 0.29) is 12.1 Å². The van der Waals surface area contributed by atoms with Crippen molar-refractivity contribution < 1.29 is 4.79 Å². The molecule has 27 heavy (non-hydrogen) atoms. The first-order valence-corrected chi connectivity index (χ1v) is 9.80. The number of hydrogen-bond donors (Lipinski definition) is 1. The molecule has 1 aliphatic rings. The summed E-state index contributed by atoms with van der Waals surface area (Å²) in [5.41, 5.74) is 3.88. The summed E-state index contributed by atoms with van der Waals surface area (Å²) >= 11 is 6.26. The Morgan fingerprint density at radius 3 is 2.81 bits per heavy atom. The molecule has 1 saturated heterocycles. The summed E-state index contributed by atoms with van der Waals surface area (Å²) in [7, 11) is 0. The Labute approximate surface area is 166 Å². The predicted molar refractivity (Wildman–Crippen MR) is 111 cm³/mol. The van der Waals surface area contributed by atoms with Gasteiger partial charge in [-0.1, -0.05) is 29.8 Å². The van der Waals surface area contributed by atoms with Gasteiger partial charge in [0, 0.05) is 38.4 Å². The number of carbonyl (C=O) groups excluding carboxylic acids is 1. The fourth-order valence-corrected chi connectivity index (χ4v) is 3.79. The van der Waals surface area contributed by atoms with Gasteiger partial charge in [0.25, 0.3) is 0 Å². The third-order valence-electron chi connectivity index (χ3n) is 5.31. The largest absolute Gasteiger partial charge is 0.352 e. The minimum Gasteiger partial charge on any atom is -0.352 e. The van der Waals surface area contributed by atoms with Gasteiger partial charge in [-0.3, -0.25) is 0 Å². The molecule has 1 aliphatic heterocycles. The number of rotatable bonds is 4. The van der Waals surface area contributed by atoms with Crippen molar-refractivity contribution in [2.24, 2.45) is 0 Å². The highest BCUT2D eigenvalue weighted by molar-refractivity contribution is 6.32. The van der Waals surface area contributed by atoms with Crippen LogP contribution in [0.1, 0.15) is 23.6 Å². The average molecular weight is 387 g/mol. The first-order chi connectivity index (χ1) is 13.0. The zero-order chi connectivity index (χ0) is 19.4. The number of hydrogen-bond acceptors (Lipinski definition) is 3. The molecule has 5 nitrogen and oxygen atoms in total. The predicted octanol–water partition coefficient (Wildman–Crippen LogP) is 3.81. The van der Waals surface area contributed by atoms with Gasteiger partial charge >= 0.3 is 6.03 Å². The second-order valence-electron chi connectivity index (χ2n) is 7.14. The normalized spacial score (nSPS) is 17.1. The Morgan fingerprint density at radius 2 is 2.07 bits per heavy atom. The van der Waals surface area contributed by atoms with Crippen LogP contribution in [0.5, 0.6) is 0 Å². The van der Waals surface area contributed by atoms with Gasteiger partial charge in [-0.05, 0) is 56.0 Å². The van der Waals surface area contributed by atoms with Gasteiger partial charge in [-0.2, -0.15) is 0 Å². The molecular formula is C21H27ClN4O. The van der Waals surface area contributed by atoms with Crippen molar-refractivity contribution in [3.05, 3.63) is 58.2 Å². The number of urea groups is 1. The summed E-state index contributed by atoms with van der Waals surface area (Å²) in [5, 5.41) is 3.72. The van der Waals surface area contributed by atoms with Gasteiger partial charge in [0.1, 0.15) is 5.82 Å². The van der Waals surface area contributed by atoms with Crippen molar-refractivity contribution >= 4 is 23.4 Å². The van der Waals surface area contributed by atoms with Crippen molar-refractivity contribution in [3.63, 3.8) is 0 Å². The molecule has 2 aromatic rings. The fraction of sp³-hybridized carbons (Fsp3) is 0.429. The molecular weight excluding hydrogens is 360 g/mol. The molecule has 0 saturated carbocycles. The number of carbonyl (C=O) groups is 1. The Balaban J connectivity index is 1.52. The van der Waals surface area contributed by atoms with Crippen LogP contribution < -0.4 is 10.2 Å². The smallest absolute Gasteiger partial charge is 0.317 e. The molecule has 6 heteroatoms. The molecule has 0 bridgehead atoms. The van der Waals surface area contributed by atoms with Gasteiger partial charge in [0.15, 0.2) is 0 Å². The maximum Gasteiger partial charge on any atom is 0.317 e. The van der Waals surface area contributed by atoms with Crippen molar-refractivity contribution in [3.8, 4) is 0 Å². The highest BCUT2D eigenvalue weighted by Gasteiger charge is 2.28. The highest BCUT2D eigenvalue weighted by atomic mass is 35.5. The second-order valence-corrected chi connectivity index (χ2v) is 7.55. The van der Waals surface area contributed by atoms with Crippen molar-refractivity contribution in [1.29, 1.82) is 0 Å². The number of aromatic nitrogens is 1. The van der Waals surface area contributed by atoms with Crippen molar-refractivity contribution in [2.75, 3.05) is 31.1 Å². The van der Waals surface area contributed by atoms with Crippen LogP contribution in [0, 0.1) is 13.8 Å². The van der Waals surface area contributed by atoms with Crippen LogP contribution in [0.2, 0.25) is 5.02 Å². The maximum absolute atomic E-state index is 12.6. The summed E-state index contributed by atoms with van der Waals surface area (Å²) in [6.07, 6.45) is 2.59. The van der Waals surface area contributed by atoms with Gasteiger partial charge in [0.2, 0.25) is 0 Å². The summed E-state index contributed by atoms with van der Waals surface area (Å²) in [5.74, 6) is 0.793. The third-order valence-corrected chi connectivity index (χ3v) is 5.61. The van der Waals surface area contributed by atoms with Gasteiger partial charge in [-0.25, -0.2) is 9.78 Å². The standard InChI is InChI=1S/C21H27ClN4O/c1-15-6-4-7-18(17(15)3)9-11-24-21(27)26-13-12-25(14-16(26)2)20-19(22)8-5-10-23-20/h4-8,10,16H,9,11-14H2,1-3H3,(H,24,27)/t16-/m1/s1. The molecule has 2 heterocycles. The number of piperazine rings is 1. The number of anilines is 1. The van der Waals surface area contributed by atoms with E-state index in [1.54, 1.807) is 6.20 Å². The molecule has 3 rings (SSSR count). The zero-order valence-electron chi connectivity index (χ0n) is 16.2. The Bertz CT molecular complexity index is 811. The monoisotopic (exact) mass is 386 g/mol. The summed E-state index contributed by atoms with van der Waals surface area (Å²) in [6.45, 7) is 9.06. The molecule has 0 spiro atoms. The van der Waals surface area contributed by atoms with E-state index in [4.69, 9.17) is 11.6 Å². The molecule has 1 atom stereocenters. The summed E-state index contributed by atoms with van der Waals surface area (Å²) in [4.78, 5) is 21.0. The SMILES string of the molecule is Cc1cccc(CCNC(=O)N2CCN(c3ncccc3Cl)C[C@H]2C)c1C. The van der Waals surface area contributed by atoms with Gasteiger partial charge in [-0.15, -0.1) is 0 Å². The molecule has 1 fully saturated rings. The number of pyridine rings is 1. The van der Waals surface area contributed by atoms with E-state index in [9.17, 15) is 4.79 Å². The first kappa shape index (κ1) is 19.5. The highest BCUT2D eigenvalue weighted by Crippen LogP contribution is 2.24. The molecule has 144 valence electrons. The molecule has 1 aromatic heterocycles. The van der Waals surface area contributed by atoms with Crippen LogP contribution >= 0.6 is 11.6 Å². The molecule has 0 unspecified atom stereocenters. The maximum atomic E-state index is 12.6. The van der Waals surface area contributed by atoms with E-state index in [0.29, 0.717) is 18.1 Å². The molecule has 1 aromatic carbocycles. The molecule has 0 aliphatic carbocycles. The summed E-state index contributed by atoms with van der Waals surface area (Å²) in [6, 6.07) is 10.1. The van der Waals surface area contributed by atoms with Crippen LogP contribution in [0.15, 0.2) is 36.5 Å². The minimum atomic E-state index is -0.000395. The van der Waals surface area contributed by atoms with E-state index in [0.717, 1.165) is 25.3 Å². The van der Waals surface area contributed by atoms with E-state index >= 15 is 0 Å². The zero-order valence-corrected chi connectivity index (χ0v) is 17.0. The summed E-state index contributed by atoms with van der Waals surface area (Å²) < 4.78 is 0. The number of benzene rings is 1. The van der Waals surface area contributed by atoms with Crippen LogP contribution in [0.3, 0.4) is 0 Å². The lowest BCUT2D eigenvalue weighted by Crippen LogP contribution is -2.57. The van der Waals surface area contributed by atoms with Crippen LogP contribution in [-0.2, 0) is 6.42 Å². The lowest BCUT2D eigenvalue weighted by atomic mass is 10.0. The first-order valence-electron chi connectivity index (χ1n) is 9.42. The molecule has 2 amide bonds. The Hall–Kier alpha value is -2.27. The topological polar surface area (TPSA) is 48.5 Å². The van der Waals surface area contributed by atoms with Crippen molar-refractivity contribution in [2.45, 2.75) is 33.2 Å². The Kier molecular flexibility index (Phi) is 6.22. The van der Waals surface area contributed by atoms with Crippen LogP contribution in [-0.4, -0.2) is 48.1 Å². The van der Waals surface area contributed by atoms with Crippen LogP contribution in [0.25, 0.3) is 0 Å². The van der Waals surface area contributed by atoms with Gasteiger partial charge in [0.05, 0.1) is 5.02 Å². The van der Waals surface area contributed by atoms with Gasteiger partial charge < -0.3 is 15.1 Å².